The lowest BCUT2D eigenvalue weighted by Crippen LogP contribution is -2.13. The normalized spacial score (nSPS) is 10.5. The molecular formula is C9H8Cl2N4S. The highest BCUT2D eigenvalue weighted by Gasteiger charge is 2.10. The fraction of sp³-hybridized carbons (Fsp3) is 0.222. The number of hydrogen-bond donors (Lipinski definition) is 0. The van der Waals surface area contributed by atoms with Crippen LogP contribution >= 0.6 is 34.5 Å². The third-order valence-corrected chi connectivity index (χ3v) is 3.19. The molecule has 0 radical (unpaired) electrons. The molecular weight excluding hydrogens is 267 g/mol. The topological polar surface area (TPSA) is 41.9 Å². The molecule has 0 N–H and O–H groups in total. The largest absolute Gasteiger partial charge is 0.347 e. The predicted octanol–water partition coefficient (Wildman–Crippen LogP) is 2.97. The molecule has 0 saturated carbocycles. The Hall–Kier alpha value is -0.910. The fourth-order valence-corrected chi connectivity index (χ4v) is 2.22. The van der Waals surface area contributed by atoms with E-state index in [-0.39, 0.29) is 5.28 Å². The van der Waals surface area contributed by atoms with Crippen LogP contribution in [-0.2, 0) is 0 Å². The number of anilines is 1. The van der Waals surface area contributed by atoms with Crippen LogP contribution in [0.5, 0.6) is 0 Å². The monoisotopic (exact) mass is 274 g/mol. The maximum Gasteiger partial charge on any atom is 0.229 e. The zero-order chi connectivity index (χ0) is 11.7. The quantitative estimate of drug-likeness (QED) is 0.845. The van der Waals surface area contributed by atoms with Gasteiger partial charge in [-0.2, -0.15) is 15.0 Å². The van der Waals surface area contributed by atoms with Crippen molar-refractivity contribution in [3.05, 3.63) is 21.8 Å². The van der Waals surface area contributed by atoms with Crippen molar-refractivity contribution in [1.82, 2.24) is 15.0 Å². The van der Waals surface area contributed by atoms with E-state index in [2.05, 4.69) is 15.0 Å². The van der Waals surface area contributed by atoms with Gasteiger partial charge in [0.05, 0.1) is 9.21 Å². The molecule has 0 fully saturated rings. The van der Waals surface area contributed by atoms with Gasteiger partial charge in [0.15, 0.2) is 5.82 Å². The number of hydrogen-bond acceptors (Lipinski definition) is 5. The summed E-state index contributed by atoms with van der Waals surface area (Å²) >= 11 is 13.1. The number of aromatic nitrogens is 3. The Morgan fingerprint density at radius 2 is 1.88 bits per heavy atom. The number of rotatable bonds is 2. The van der Waals surface area contributed by atoms with Crippen molar-refractivity contribution in [2.24, 2.45) is 0 Å². The molecule has 2 rings (SSSR count). The average Bonchev–Trinajstić information content (AvgIpc) is 2.64. The summed E-state index contributed by atoms with van der Waals surface area (Å²) < 4.78 is 0.693. The predicted molar refractivity (Wildman–Crippen MR) is 67.5 cm³/mol. The lowest BCUT2D eigenvalue weighted by Gasteiger charge is -2.10. The lowest BCUT2D eigenvalue weighted by atomic mass is 10.4. The van der Waals surface area contributed by atoms with Gasteiger partial charge in [-0.05, 0) is 23.7 Å². The molecule has 7 heteroatoms. The Balaban J connectivity index is 2.49. The van der Waals surface area contributed by atoms with Crippen LogP contribution < -0.4 is 4.90 Å². The standard InChI is InChI=1S/C9H8Cl2N4S/c1-15(2)9-13-7(12-8(11)14-9)5-3-4-6(10)16-5/h3-4H,1-2H3. The summed E-state index contributed by atoms with van der Waals surface area (Å²) in [5.41, 5.74) is 0. The van der Waals surface area contributed by atoms with Crippen LogP contribution in [0, 0.1) is 0 Å². The van der Waals surface area contributed by atoms with Gasteiger partial charge in [0.25, 0.3) is 0 Å². The van der Waals surface area contributed by atoms with Crippen LogP contribution in [-0.4, -0.2) is 29.0 Å². The maximum atomic E-state index is 5.86. The molecule has 16 heavy (non-hydrogen) atoms. The summed E-state index contributed by atoms with van der Waals surface area (Å²) in [7, 11) is 3.69. The first kappa shape index (κ1) is 11.6. The minimum Gasteiger partial charge on any atom is -0.347 e. The Labute approximate surface area is 107 Å². The Morgan fingerprint density at radius 1 is 1.12 bits per heavy atom. The van der Waals surface area contributed by atoms with E-state index < -0.39 is 0 Å². The van der Waals surface area contributed by atoms with E-state index >= 15 is 0 Å². The molecule has 0 aliphatic heterocycles. The molecule has 2 aromatic rings. The summed E-state index contributed by atoms with van der Waals surface area (Å²) in [5.74, 6) is 1.07. The second kappa shape index (κ2) is 4.53. The van der Waals surface area contributed by atoms with Crippen molar-refractivity contribution in [1.29, 1.82) is 0 Å². The van der Waals surface area contributed by atoms with Crippen molar-refractivity contribution >= 4 is 40.5 Å². The van der Waals surface area contributed by atoms with Crippen molar-refractivity contribution in [3.8, 4) is 10.7 Å². The molecule has 0 amide bonds. The van der Waals surface area contributed by atoms with Crippen molar-refractivity contribution < 1.29 is 0 Å². The second-order valence-electron chi connectivity index (χ2n) is 3.23. The van der Waals surface area contributed by atoms with Gasteiger partial charge in [-0.1, -0.05) is 11.6 Å². The van der Waals surface area contributed by atoms with Crippen molar-refractivity contribution in [2.75, 3.05) is 19.0 Å². The van der Waals surface area contributed by atoms with Crippen LogP contribution in [0.2, 0.25) is 9.62 Å². The minimum absolute atomic E-state index is 0.179. The third kappa shape index (κ3) is 2.42. The Bertz CT molecular complexity index is 512. The number of thiophene rings is 1. The highest BCUT2D eigenvalue weighted by Crippen LogP contribution is 2.29. The first-order chi connectivity index (χ1) is 7.56. The van der Waals surface area contributed by atoms with Gasteiger partial charge in [0, 0.05) is 14.1 Å². The Kier molecular flexibility index (Phi) is 3.28. The van der Waals surface area contributed by atoms with E-state index in [9.17, 15) is 0 Å². The summed E-state index contributed by atoms with van der Waals surface area (Å²) in [6.45, 7) is 0. The minimum atomic E-state index is 0.179. The van der Waals surface area contributed by atoms with E-state index in [4.69, 9.17) is 23.2 Å². The van der Waals surface area contributed by atoms with Gasteiger partial charge in [0.1, 0.15) is 0 Å². The second-order valence-corrected chi connectivity index (χ2v) is 5.28. The molecule has 0 saturated heterocycles. The van der Waals surface area contributed by atoms with Crippen molar-refractivity contribution in [2.45, 2.75) is 0 Å². The van der Waals surface area contributed by atoms with Gasteiger partial charge >= 0.3 is 0 Å². The van der Waals surface area contributed by atoms with Gasteiger partial charge in [-0.3, -0.25) is 0 Å². The Morgan fingerprint density at radius 3 is 2.44 bits per heavy atom. The fourth-order valence-electron chi connectivity index (χ4n) is 1.08. The molecule has 2 heterocycles. The van der Waals surface area contributed by atoms with Crippen LogP contribution in [0.15, 0.2) is 12.1 Å². The van der Waals surface area contributed by atoms with E-state index in [0.29, 0.717) is 16.1 Å². The van der Waals surface area contributed by atoms with Crippen LogP contribution in [0.4, 0.5) is 5.95 Å². The molecule has 0 bridgehead atoms. The number of nitrogens with zero attached hydrogens (tertiary/aromatic N) is 4. The molecule has 0 aliphatic rings. The molecule has 2 aromatic heterocycles. The summed E-state index contributed by atoms with van der Waals surface area (Å²) in [6.07, 6.45) is 0. The molecule has 4 nitrogen and oxygen atoms in total. The van der Waals surface area contributed by atoms with Crippen LogP contribution in [0.25, 0.3) is 10.7 Å². The summed E-state index contributed by atoms with van der Waals surface area (Å²) in [5, 5.41) is 0.179. The van der Waals surface area contributed by atoms with Gasteiger partial charge < -0.3 is 4.90 Å². The van der Waals surface area contributed by atoms with Gasteiger partial charge in [-0.15, -0.1) is 11.3 Å². The summed E-state index contributed by atoms with van der Waals surface area (Å²) in [4.78, 5) is 15.0. The summed E-state index contributed by atoms with van der Waals surface area (Å²) in [6, 6.07) is 3.66. The maximum absolute atomic E-state index is 5.86. The zero-order valence-electron chi connectivity index (χ0n) is 8.61. The van der Waals surface area contributed by atoms with Crippen LogP contribution in [0.3, 0.4) is 0 Å². The molecule has 0 unspecified atom stereocenters. The molecule has 0 aromatic carbocycles. The molecule has 0 atom stereocenters. The molecule has 0 aliphatic carbocycles. The SMILES string of the molecule is CN(C)c1nc(Cl)nc(-c2ccc(Cl)s2)n1. The van der Waals surface area contributed by atoms with E-state index in [1.807, 2.05) is 20.2 Å². The average molecular weight is 275 g/mol. The van der Waals surface area contributed by atoms with Gasteiger partial charge in [-0.25, -0.2) is 0 Å². The first-order valence-corrected chi connectivity index (χ1v) is 5.98. The first-order valence-electron chi connectivity index (χ1n) is 4.41. The zero-order valence-corrected chi connectivity index (χ0v) is 10.9. The highest BCUT2D eigenvalue weighted by atomic mass is 35.5. The molecule has 0 spiro atoms. The van der Waals surface area contributed by atoms with E-state index in [1.165, 1.54) is 11.3 Å². The van der Waals surface area contributed by atoms with Crippen LogP contribution in [0.1, 0.15) is 0 Å². The van der Waals surface area contributed by atoms with E-state index in [0.717, 1.165) is 4.88 Å². The highest BCUT2D eigenvalue weighted by molar-refractivity contribution is 7.19. The smallest absolute Gasteiger partial charge is 0.229 e. The third-order valence-electron chi connectivity index (χ3n) is 1.79. The molecule has 84 valence electrons. The lowest BCUT2D eigenvalue weighted by molar-refractivity contribution is 0.964. The van der Waals surface area contributed by atoms with Gasteiger partial charge in [0.2, 0.25) is 11.2 Å². The van der Waals surface area contributed by atoms with E-state index in [1.54, 1.807) is 11.0 Å². The van der Waals surface area contributed by atoms with Crippen molar-refractivity contribution in [3.63, 3.8) is 0 Å². The number of halogens is 2.